The average Bonchev–Trinajstić information content (AvgIpc) is 2.63. The van der Waals surface area contributed by atoms with Crippen molar-refractivity contribution in [2.45, 2.75) is 13.0 Å². The Bertz CT molecular complexity index is 869. The first-order valence-corrected chi connectivity index (χ1v) is 8.06. The van der Waals surface area contributed by atoms with Crippen LogP contribution in [0.1, 0.15) is 37.9 Å². The molecule has 1 fully saturated rings. The average molecular weight is 361 g/mol. The lowest BCUT2D eigenvalue weighted by molar-refractivity contribution is -0.0229. The molecule has 1 amide bonds. The Balaban J connectivity index is 1.82. The first-order chi connectivity index (χ1) is 12.3. The van der Waals surface area contributed by atoms with Crippen LogP contribution in [0.2, 0.25) is 0 Å². The molecule has 26 heavy (non-hydrogen) atoms. The predicted octanol–water partition coefficient (Wildman–Crippen LogP) is 3.19. The second kappa shape index (κ2) is 7.21. The first-order valence-electron chi connectivity index (χ1n) is 8.06. The Morgan fingerprint density at radius 3 is 2.54 bits per heavy atom. The van der Waals surface area contributed by atoms with E-state index in [0.717, 1.165) is 12.1 Å². The Morgan fingerprint density at radius 2 is 1.85 bits per heavy atom. The van der Waals surface area contributed by atoms with Crippen molar-refractivity contribution in [3.63, 3.8) is 0 Å². The fourth-order valence-electron chi connectivity index (χ4n) is 2.96. The number of hydrogen-bond acceptors (Lipinski definition) is 3. The molecule has 0 spiro atoms. The van der Waals surface area contributed by atoms with Gasteiger partial charge in [-0.3, -0.25) is 4.79 Å². The number of hydrogen-bond donors (Lipinski definition) is 1. The lowest BCUT2D eigenvalue weighted by Gasteiger charge is -2.33. The topological polar surface area (TPSA) is 66.8 Å². The molecule has 1 heterocycles. The summed E-state index contributed by atoms with van der Waals surface area (Å²) in [6.45, 7) is 2.45. The quantitative estimate of drug-likeness (QED) is 0.912. The molecule has 1 saturated heterocycles. The molecule has 0 aromatic heterocycles. The highest BCUT2D eigenvalue weighted by Crippen LogP contribution is 2.25. The Kier molecular flexibility index (Phi) is 4.99. The molecule has 0 aliphatic carbocycles. The van der Waals surface area contributed by atoms with Crippen molar-refractivity contribution >= 4 is 11.9 Å². The molecule has 7 heteroatoms. The number of benzene rings is 2. The van der Waals surface area contributed by atoms with Crippen molar-refractivity contribution in [1.29, 1.82) is 0 Å². The molecule has 3 rings (SSSR count). The van der Waals surface area contributed by atoms with Crippen molar-refractivity contribution in [1.82, 2.24) is 4.90 Å². The standard InChI is InChI=1S/C19H17F2NO4/c1-11-6-13(8-14(7-11)19(24)25)18(23)22-4-5-26-17(10-22)12-2-3-15(20)16(21)9-12/h2-3,6-9,17H,4-5,10H2,1H3,(H,24,25). The summed E-state index contributed by atoms with van der Waals surface area (Å²) in [6, 6.07) is 7.95. The molecular weight excluding hydrogens is 344 g/mol. The molecule has 0 saturated carbocycles. The third-order valence-electron chi connectivity index (χ3n) is 4.24. The van der Waals surface area contributed by atoms with E-state index < -0.39 is 23.7 Å². The van der Waals surface area contributed by atoms with Crippen LogP contribution in [0.15, 0.2) is 36.4 Å². The van der Waals surface area contributed by atoms with Gasteiger partial charge in [0.1, 0.15) is 6.10 Å². The van der Waals surface area contributed by atoms with E-state index in [9.17, 15) is 18.4 Å². The second-order valence-electron chi connectivity index (χ2n) is 6.18. The third kappa shape index (κ3) is 3.72. The zero-order chi connectivity index (χ0) is 18.8. The van der Waals surface area contributed by atoms with Crippen molar-refractivity contribution in [2.24, 2.45) is 0 Å². The third-order valence-corrected chi connectivity index (χ3v) is 4.24. The van der Waals surface area contributed by atoms with Gasteiger partial charge in [-0.05, 0) is 48.4 Å². The highest BCUT2D eigenvalue weighted by Gasteiger charge is 2.27. The number of rotatable bonds is 3. The van der Waals surface area contributed by atoms with Gasteiger partial charge in [-0.1, -0.05) is 6.07 Å². The largest absolute Gasteiger partial charge is 0.478 e. The maximum atomic E-state index is 13.5. The first kappa shape index (κ1) is 18.0. The lowest BCUT2D eigenvalue weighted by Crippen LogP contribution is -2.42. The summed E-state index contributed by atoms with van der Waals surface area (Å²) in [6.07, 6.45) is -0.577. The van der Waals surface area contributed by atoms with Gasteiger partial charge in [0.25, 0.3) is 5.91 Å². The summed E-state index contributed by atoms with van der Waals surface area (Å²) in [5.74, 6) is -3.35. The Hall–Kier alpha value is -2.80. The number of amides is 1. The molecule has 1 aliphatic rings. The van der Waals surface area contributed by atoms with Crippen LogP contribution in [0.4, 0.5) is 8.78 Å². The summed E-state index contributed by atoms with van der Waals surface area (Å²) >= 11 is 0. The van der Waals surface area contributed by atoms with Gasteiger partial charge < -0.3 is 14.7 Å². The van der Waals surface area contributed by atoms with E-state index in [1.165, 1.54) is 23.1 Å². The van der Waals surface area contributed by atoms with E-state index >= 15 is 0 Å². The van der Waals surface area contributed by atoms with Crippen molar-refractivity contribution < 1.29 is 28.2 Å². The highest BCUT2D eigenvalue weighted by molar-refractivity contribution is 5.97. The summed E-state index contributed by atoms with van der Waals surface area (Å²) in [5.41, 5.74) is 1.42. The number of aryl methyl sites for hydroxylation is 1. The van der Waals surface area contributed by atoms with Gasteiger partial charge >= 0.3 is 5.97 Å². The number of carbonyl (C=O) groups is 2. The van der Waals surface area contributed by atoms with Gasteiger partial charge in [0.05, 0.1) is 18.7 Å². The maximum absolute atomic E-state index is 13.5. The van der Waals surface area contributed by atoms with Crippen LogP contribution in [0.5, 0.6) is 0 Å². The number of morpholine rings is 1. The Morgan fingerprint density at radius 1 is 1.12 bits per heavy atom. The van der Waals surface area contributed by atoms with E-state index in [-0.39, 0.29) is 30.2 Å². The lowest BCUT2D eigenvalue weighted by atomic mass is 10.0. The summed E-state index contributed by atoms with van der Waals surface area (Å²) in [5, 5.41) is 9.15. The molecule has 1 aliphatic heterocycles. The molecule has 1 N–H and O–H groups in total. The smallest absolute Gasteiger partial charge is 0.335 e. The second-order valence-corrected chi connectivity index (χ2v) is 6.18. The maximum Gasteiger partial charge on any atom is 0.335 e. The SMILES string of the molecule is Cc1cc(C(=O)O)cc(C(=O)N2CCOC(c3ccc(F)c(F)c3)C2)c1. The van der Waals surface area contributed by atoms with E-state index in [2.05, 4.69) is 0 Å². The monoisotopic (exact) mass is 361 g/mol. The molecule has 136 valence electrons. The summed E-state index contributed by atoms with van der Waals surface area (Å²) in [4.78, 5) is 25.5. The molecule has 5 nitrogen and oxygen atoms in total. The molecule has 2 aromatic rings. The fourth-order valence-corrected chi connectivity index (χ4v) is 2.96. The fraction of sp³-hybridized carbons (Fsp3) is 0.263. The van der Waals surface area contributed by atoms with Crippen LogP contribution in [0.3, 0.4) is 0 Å². The number of aromatic carboxylic acids is 1. The number of carboxylic acids is 1. The van der Waals surface area contributed by atoms with Gasteiger partial charge in [-0.15, -0.1) is 0 Å². The van der Waals surface area contributed by atoms with Gasteiger partial charge in [-0.2, -0.15) is 0 Å². The molecule has 0 bridgehead atoms. The van der Waals surface area contributed by atoms with Crippen LogP contribution >= 0.6 is 0 Å². The highest BCUT2D eigenvalue weighted by atomic mass is 19.2. The number of halogens is 2. The van der Waals surface area contributed by atoms with E-state index in [1.54, 1.807) is 13.0 Å². The minimum absolute atomic E-state index is 0.0405. The van der Waals surface area contributed by atoms with Crippen molar-refractivity contribution in [3.8, 4) is 0 Å². The van der Waals surface area contributed by atoms with E-state index in [1.807, 2.05) is 0 Å². The molecule has 1 unspecified atom stereocenters. The number of nitrogens with zero attached hydrogens (tertiary/aromatic N) is 1. The minimum Gasteiger partial charge on any atom is -0.478 e. The van der Waals surface area contributed by atoms with Gasteiger partial charge in [-0.25, -0.2) is 13.6 Å². The van der Waals surface area contributed by atoms with Crippen molar-refractivity contribution in [3.05, 3.63) is 70.3 Å². The van der Waals surface area contributed by atoms with Gasteiger partial charge in [0.15, 0.2) is 11.6 Å². The normalized spacial score (nSPS) is 17.2. The number of carbonyl (C=O) groups excluding carboxylic acids is 1. The van der Waals surface area contributed by atoms with E-state index in [4.69, 9.17) is 9.84 Å². The zero-order valence-corrected chi connectivity index (χ0v) is 14.0. The minimum atomic E-state index is -1.11. The molecular formula is C19H17F2NO4. The zero-order valence-electron chi connectivity index (χ0n) is 14.0. The number of ether oxygens (including phenoxy) is 1. The number of carboxylic acid groups (broad SMARTS) is 1. The predicted molar refractivity (Wildman–Crippen MR) is 89.1 cm³/mol. The molecule has 0 radical (unpaired) electrons. The summed E-state index contributed by atoms with van der Waals surface area (Å²) < 4.78 is 32.1. The van der Waals surface area contributed by atoms with Crippen LogP contribution in [-0.4, -0.2) is 41.6 Å². The van der Waals surface area contributed by atoms with E-state index in [0.29, 0.717) is 17.7 Å². The molecule has 1 atom stereocenters. The van der Waals surface area contributed by atoms with Crippen LogP contribution in [0.25, 0.3) is 0 Å². The van der Waals surface area contributed by atoms with Gasteiger partial charge in [0, 0.05) is 12.1 Å². The van der Waals surface area contributed by atoms with Crippen LogP contribution in [-0.2, 0) is 4.74 Å². The molecule has 2 aromatic carbocycles. The van der Waals surface area contributed by atoms with Crippen LogP contribution in [0, 0.1) is 18.6 Å². The Labute approximate surface area is 148 Å². The van der Waals surface area contributed by atoms with Crippen LogP contribution < -0.4 is 0 Å². The van der Waals surface area contributed by atoms with Gasteiger partial charge in [0.2, 0.25) is 0 Å². The van der Waals surface area contributed by atoms with Crippen molar-refractivity contribution in [2.75, 3.05) is 19.7 Å². The summed E-state index contributed by atoms with van der Waals surface area (Å²) in [7, 11) is 0.